The first-order chi connectivity index (χ1) is 10.5. The van der Waals surface area contributed by atoms with Crippen LogP contribution in [-0.4, -0.2) is 12.6 Å². The van der Waals surface area contributed by atoms with Crippen LogP contribution in [-0.2, 0) is 14.3 Å². The van der Waals surface area contributed by atoms with Crippen LogP contribution < -0.4 is 5.73 Å². The Bertz CT molecular complexity index is 716. The predicted octanol–water partition coefficient (Wildman–Crippen LogP) is 3.09. The number of nitriles is 1. The Hall–Kier alpha value is -2.26. The second-order valence-corrected chi connectivity index (χ2v) is 5.49. The van der Waals surface area contributed by atoms with Gasteiger partial charge in [-0.2, -0.15) is 5.26 Å². The molecule has 22 heavy (non-hydrogen) atoms. The summed E-state index contributed by atoms with van der Waals surface area (Å²) in [6, 6.07) is 9.40. The second kappa shape index (κ2) is 6.67. The maximum atomic E-state index is 12.3. The van der Waals surface area contributed by atoms with Gasteiger partial charge in [0.25, 0.3) is 0 Å². The van der Waals surface area contributed by atoms with Crippen molar-refractivity contribution < 1.29 is 14.3 Å². The molecule has 0 saturated heterocycles. The summed E-state index contributed by atoms with van der Waals surface area (Å²) in [5.41, 5.74) is 7.07. The van der Waals surface area contributed by atoms with Crippen molar-refractivity contribution in [3.63, 3.8) is 0 Å². The molecule has 1 aromatic carbocycles. The van der Waals surface area contributed by atoms with E-state index in [4.69, 9.17) is 15.2 Å². The quantitative estimate of drug-likeness (QED) is 0.835. The van der Waals surface area contributed by atoms with Crippen LogP contribution in [0.15, 0.2) is 51.5 Å². The minimum Gasteiger partial charge on any atom is -0.463 e. The number of esters is 1. The van der Waals surface area contributed by atoms with Crippen LogP contribution in [0.2, 0.25) is 0 Å². The highest BCUT2D eigenvalue weighted by atomic mass is 79.9. The van der Waals surface area contributed by atoms with Gasteiger partial charge in [-0.1, -0.05) is 34.1 Å². The third kappa shape index (κ3) is 2.85. The summed E-state index contributed by atoms with van der Waals surface area (Å²) in [6.45, 7) is 3.59. The minimum atomic E-state index is -0.617. The summed E-state index contributed by atoms with van der Waals surface area (Å²) < 4.78 is 11.2. The van der Waals surface area contributed by atoms with Gasteiger partial charge in [-0.3, -0.25) is 0 Å². The lowest BCUT2D eigenvalue weighted by Gasteiger charge is -2.27. The number of hydrogen-bond donors (Lipinski definition) is 1. The number of nitrogens with zero attached hydrogens (tertiary/aromatic N) is 1. The predicted molar refractivity (Wildman–Crippen MR) is 84.1 cm³/mol. The lowest BCUT2D eigenvalue weighted by Crippen LogP contribution is -2.25. The van der Waals surface area contributed by atoms with Crippen LogP contribution in [0, 0.1) is 11.3 Å². The van der Waals surface area contributed by atoms with Crippen LogP contribution in [0.3, 0.4) is 0 Å². The van der Waals surface area contributed by atoms with Gasteiger partial charge < -0.3 is 15.2 Å². The van der Waals surface area contributed by atoms with Gasteiger partial charge in [0.15, 0.2) is 0 Å². The lowest BCUT2D eigenvalue weighted by atomic mass is 9.83. The topological polar surface area (TPSA) is 85.3 Å². The van der Waals surface area contributed by atoms with E-state index in [1.807, 2.05) is 30.3 Å². The van der Waals surface area contributed by atoms with Crippen molar-refractivity contribution in [2.45, 2.75) is 19.8 Å². The van der Waals surface area contributed by atoms with Crippen molar-refractivity contribution in [1.82, 2.24) is 0 Å². The van der Waals surface area contributed by atoms with Crippen LogP contribution >= 0.6 is 15.9 Å². The summed E-state index contributed by atoms with van der Waals surface area (Å²) in [6.07, 6.45) is 0. The molecular weight excluding hydrogens is 348 g/mol. The number of hydrogen-bond acceptors (Lipinski definition) is 5. The van der Waals surface area contributed by atoms with E-state index in [0.717, 1.165) is 10.0 Å². The molecule has 1 heterocycles. The van der Waals surface area contributed by atoms with E-state index >= 15 is 0 Å². The van der Waals surface area contributed by atoms with Crippen molar-refractivity contribution in [2.75, 3.05) is 6.61 Å². The summed E-state index contributed by atoms with van der Waals surface area (Å²) in [5, 5.41) is 9.44. The third-order valence-corrected chi connectivity index (χ3v) is 4.04. The summed E-state index contributed by atoms with van der Waals surface area (Å²) >= 11 is 3.46. The number of carbonyl (C=O) groups is 1. The van der Waals surface area contributed by atoms with Gasteiger partial charge in [0, 0.05) is 4.47 Å². The number of benzene rings is 1. The summed E-state index contributed by atoms with van der Waals surface area (Å²) in [7, 11) is 0. The fourth-order valence-corrected chi connectivity index (χ4v) is 2.89. The van der Waals surface area contributed by atoms with E-state index in [2.05, 4.69) is 15.9 Å². The van der Waals surface area contributed by atoms with Crippen molar-refractivity contribution in [1.29, 1.82) is 5.26 Å². The maximum absolute atomic E-state index is 12.3. The number of nitrogens with two attached hydrogens (primary N) is 1. The molecule has 1 aliphatic heterocycles. The fourth-order valence-electron chi connectivity index (χ4n) is 2.38. The smallest absolute Gasteiger partial charge is 0.338 e. The van der Waals surface area contributed by atoms with Crippen LogP contribution in [0.25, 0.3) is 0 Å². The Morgan fingerprint density at radius 1 is 1.50 bits per heavy atom. The largest absolute Gasteiger partial charge is 0.463 e. The maximum Gasteiger partial charge on any atom is 0.338 e. The molecule has 2 N–H and O–H groups in total. The zero-order valence-electron chi connectivity index (χ0n) is 12.2. The number of allylic oxidation sites excluding steroid dienone is 2. The van der Waals surface area contributed by atoms with E-state index in [1.165, 1.54) is 0 Å². The molecule has 0 radical (unpaired) electrons. The van der Waals surface area contributed by atoms with Gasteiger partial charge in [-0.15, -0.1) is 0 Å². The van der Waals surface area contributed by atoms with E-state index in [1.54, 1.807) is 13.8 Å². The molecule has 5 nitrogen and oxygen atoms in total. The normalized spacial score (nSPS) is 17.8. The van der Waals surface area contributed by atoms with Crippen molar-refractivity contribution in [3.8, 4) is 6.07 Å². The van der Waals surface area contributed by atoms with E-state index < -0.39 is 11.9 Å². The fraction of sp³-hybridized carbons (Fsp3) is 0.250. The molecule has 1 aromatic rings. The molecule has 0 aromatic heterocycles. The average molecular weight is 363 g/mol. The molecule has 6 heteroatoms. The van der Waals surface area contributed by atoms with E-state index in [9.17, 15) is 10.1 Å². The number of ether oxygens (including phenoxy) is 2. The molecule has 0 bridgehead atoms. The molecular formula is C16H15BrN2O3. The van der Waals surface area contributed by atoms with Gasteiger partial charge >= 0.3 is 5.97 Å². The summed E-state index contributed by atoms with van der Waals surface area (Å²) in [5.74, 6) is -0.779. The average Bonchev–Trinajstić information content (AvgIpc) is 2.47. The van der Waals surface area contributed by atoms with E-state index in [0.29, 0.717) is 11.3 Å². The Labute approximate surface area is 137 Å². The standard InChI is InChI=1S/C16H15BrN2O3/c1-3-21-16(20)13-9(2)22-15(19)11(8-18)14(13)10-6-4-5-7-12(10)17/h4-7,14H,3,19H2,1-2H3. The molecule has 1 unspecified atom stereocenters. The van der Waals surface area contributed by atoms with Gasteiger partial charge in [0.2, 0.25) is 5.88 Å². The van der Waals surface area contributed by atoms with Gasteiger partial charge in [0.05, 0.1) is 18.1 Å². The molecule has 0 amide bonds. The number of halogens is 1. The molecule has 1 atom stereocenters. The number of rotatable bonds is 3. The zero-order valence-corrected chi connectivity index (χ0v) is 13.8. The first-order valence-corrected chi connectivity index (χ1v) is 7.50. The molecule has 0 fully saturated rings. The van der Waals surface area contributed by atoms with Crippen LogP contribution in [0.1, 0.15) is 25.3 Å². The Kier molecular flexibility index (Phi) is 4.88. The van der Waals surface area contributed by atoms with Gasteiger partial charge in [0.1, 0.15) is 17.4 Å². The Morgan fingerprint density at radius 2 is 2.18 bits per heavy atom. The SMILES string of the molecule is CCOC(=O)C1=C(C)OC(N)=C(C#N)C1c1ccccc1Br. The number of carbonyl (C=O) groups excluding carboxylic acids is 1. The second-order valence-electron chi connectivity index (χ2n) is 4.64. The van der Waals surface area contributed by atoms with Crippen molar-refractivity contribution in [3.05, 3.63) is 57.1 Å². The first-order valence-electron chi connectivity index (χ1n) is 6.71. The van der Waals surface area contributed by atoms with Gasteiger partial charge in [-0.05, 0) is 25.5 Å². The molecule has 2 rings (SSSR count). The molecule has 0 saturated carbocycles. The highest BCUT2D eigenvalue weighted by Crippen LogP contribution is 2.41. The summed E-state index contributed by atoms with van der Waals surface area (Å²) in [4.78, 5) is 12.3. The minimum absolute atomic E-state index is 0.00815. The highest BCUT2D eigenvalue weighted by molar-refractivity contribution is 9.10. The first kappa shape index (κ1) is 16.1. The van der Waals surface area contributed by atoms with Crippen LogP contribution in [0.5, 0.6) is 0 Å². The Balaban J connectivity index is 2.65. The van der Waals surface area contributed by atoms with Gasteiger partial charge in [-0.25, -0.2) is 4.79 Å². The van der Waals surface area contributed by atoms with E-state index in [-0.39, 0.29) is 18.1 Å². The van der Waals surface area contributed by atoms with Crippen molar-refractivity contribution in [2.24, 2.45) is 5.73 Å². The van der Waals surface area contributed by atoms with Crippen LogP contribution in [0.4, 0.5) is 0 Å². The highest BCUT2D eigenvalue weighted by Gasteiger charge is 2.37. The van der Waals surface area contributed by atoms with Crippen molar-refractivity contribution >= 4 is 21.9 Å². The molecule has 0 aliphatic carbocycles. The Morgan fingerprint density at radius 3 is 2.77 bits per heavy atom. The monoisotopic (exact) mass is 362 g/mol. The molecule has 114 valence electrons. The lowest BCUT2D eigenvalue weighted by molar-refractivity contribution is -0.139. The zero-order chi connectivity index (χ0) is 16.3. The molecule has 0 spiro atoms. The third-order valence-electron chi connectivity index (χ3n) is 3.32. The molecule has 1 aliphatic rings.